The molecule has 80 valence electrons. The highest BCUT2D eigenvalue weighted by Gasteiger charge is 2.49. The molecule has 4 nitrogen and oxygen atoms in total. The van der Waals surface area contributed by atoms with Crippen molar-refractivity contribution in [3.05, 3.63) is 0 Å². The molecule has 2 rings (SSSR count). The number of imide groups is 1. The van der Waals surface area contributed by atoms with Crippen LogP contribution in [0.25, 0.3) is 0 Å². The van der Waals surface area contributed by atoms with E-state index in [0.717, 1.165) is 19.3 Å². The van der Waals surface area contributed by atoms with Gasteiger partial charge >= 0.3 is 0 Å². The quantitative estimate of drug-likeness (QED) is 0.512. The monoisotopic (exact) mass is 206 g/mol. The number of hydrogen-bond donors (Lipinski definition) is 0. The highest BCUT2D eigenvalue weighted by Crippen LogP contribution is 2.39. The van der Waals surface area contributed by atoms with E-state index in [0.29, 0.717) is 19.4 Å². The lowest BCUT2D eigenvalue weighted by Crippen LogP contribution is -2.32. The topological polar surface area (TPSA) is 61.2 Å². The number of fused-ring (bicyclic) bond motifs is 1. The summed E-state index contributed by atoms with van der Waals surface area (Å²) in [5, 5.41) is 8.39. The second-order valence-corrected chi connectivity index (χ2v) is 4.23. The van der Waals surface area contributed by atoms with Gasteiger partial charge in [0.15, 0.2) is 0 Å². The molecular formula is C11H14N2O2. The second-order valence-electron chi connectivity index (χ2n) is 4.23. The summed E-state index contributed by atoms with van der Waals surface area (Å²) in [5.41, 5.74) is 0. The van der Waals surface area contributed by atoms with Crippen molar-refractivity contribution in [1.82, 2.24) is 4.90 Å². The van der Waals surface area contributed by atoms with Gasteiger partial charge in [0.2, 0.25) is 11.8 Å². The predicted molar refractivity (Wildman–Crippen MR) is 52.4 cm³/mol. The van der Waals surface area contributed by atoms with Crippen LogP contribution < -0.4 is 0 Å². The van der Waals surface area contributed by atoms with E-state index in [2.05, 4.69) is 0 Å². The van der Waals surface area contributed by atoms with Crippen LogP contribution in [0.5, 0.6) is 0 Å². The summed E-state index contributed by atoms with van der Waals surface area (Å²) < 4.78 is 0. The second kappa shape index (κ2) is 4.01. The van der Waals surface area contributed by atoms with Crippen LogP contribution >= 0.6 is 0 Å². The molecule has 2 amide bonds. The number of nitriles is 1. The zero-order valence-electron chi connectivity index (χ0n) is 8.61. The molecule has 1 heterocycles. The van der Waals surface area contributed by atoms with E-state index in [9.17, 15) is 9.59 Å². The van der Waals surface area contributed by atoms with Gasteiger partial charge in [-0.05, 0) is 19.3 Å². The van der Waals surface area contributed by atoms with Crippen molar-refractivity contribution in [1.29, 1.82) is 5.26 Å². The Morgan fingerprint density at radius 2 is 1.87 bits per heavy atom. The van der Waals surface area contributed by atoms with Crippen molar-refractivity contribution < 1.29 is 9.59 Å². The summed E-state index contributed by atoms with van der Waals surface area (Å²) in [6, 6.07) is 2.02. The average Bonchev–Trinajstić information content (AvgIpc) is 2.77. The number of carbonyl (C=O) groups is 2. The van der Waals surface area contributed by atoms with Crippen LogP contribution in [0.1, 0.15) is 32.1 Å². The molecular weight excluding hydrogens is 192 g/mol. The minimum absolute atomic E-state index is 0.000407. The van der Waals surface area contributed by atoms with Gasteiger partial charge in [-0.25, -0.2) is 0 Å². The summed E-state index contributed by atoms with van der Waals surface area (Å²) in [7, 11) is 0. The first kappa shape index (κ1) is 10.2. The zero-order valence-corrected chi connectivity index (χ0v) is 8.61. The standard InChI is InChI=1S/C11H14N2O2/c12-6-1-2-7-13-10(14)8-4-3-5-9(8)11(13)15/h8-9H,1-5,7H2. The van der Waals surface area contributed by atoms with Crippen LogP contribution in [0.2, 0.25) is 0 Å². The molecule has 2 unspecified atom stereocenters. The van der Waals surface area contributed by atoms with Crippen LogP contribution in [0.4, 0.5) is 0 Å². The molecule has 2 atom stereocenters. The Kier molecular flexibility index (Phi) is 2.72. The Balaban J connectivity index is 1.99. The molecule has 1 saturated carbocycles. The van der Waals surface area contributed by atoms with Crippen molar-refractivity contribution in [3.8, 4) is 6.07 Å². The van der Waals surface area contributed by atoms with Crippen molar-refractivity contribution in [2.75, 3.05) is 6.54 Å². The van der Waals surface area contributed by atoms with Crippen molar-refractivity contribution in [2.24, 2.45) is 11.8 Å². The molecule has 0 bridgehead atoms. The van der Waals surface area contributed by atoms with E-state index in [1.54, 1.807) is 0 Å². The van der Waals surface area contributed by atoms with Crippen molar-refractivity contribution >= 4 is 11.8 Å². The third-order valence-corrected chi connectivity index (χ3v) is 3.35. The summed E-state index contributed by atoms with van der Waals surface area (Å²) >= 11 is 0. The Hall–Kier alpha value is -1.37. The van der Waals surface area contributed by atoms with Crippen molar-refractivity contribution in [3.63, 3.8) is 0 Å². The predicted octanol–water partition coefficient (Wildman–Crippen LogP) is 1.08. The van der Waals surface area contributed by atoms with Gasteiger partial charge in [0.05, 0.1) is 17.9 Å². The minimum atomic E-state index is -0.0421. The minimum Gasteiger partial charge on any atom is -0.282 e. The van der Waals surface area contributed by atoms with E-state index in [1.165, 1.54) is 4.90 Å². The average molecular weight is 206 g/mol. The Labute approximate surface area is 88.9 Å². The smallest absolute Gasteiger partial charge is 0.233 e. The molecule has 1 aliphatic carbocycles. The highest BCUT2D eigenvalue weighted by molar-refractivity contribution is 6.05. The van der Waals surface area contributed by atoms with Gasteiger partial charge in [-0.1, -0.05) is 6.42 Å². The van der Waals surface area contributed by atoms with E-state index in [-0.39, 0.29) is 23.7 Å². The third-order valence-electron chi connectivity index (χ3n) is 3.35. The summed E-state index contributed by atoms with van der Waals surface area (Å²) in [5.74, 6) is -0.0833. The molecule has 2 fully saturated rings. The number of nitrogens with zero attached hydrogens (tertiary/aromatic N) is 2. The van der Waals surface area contributed by atoms with E-state index in [1.807, 2.05) is 6.07 Å². The van der Waals surface area contributed by atoms with Crippen LogP contribution in [0.3, 0.4) is 0 Å². The zero-order chi connectivity index (χ0) is 10.8. The number of likely N-dealkylation sites (tertiary alicyclic amines) is 1. The molecule has 0 spiro atoms. The lowest BCUT2D eigenvalue weighted by Gasteiger charge is -2.14. The lowest BCUT2D eigenvalue weighted by molar-refractivity contribution is -0.140. The third kappa shape index (κ3) is 1.63. The van der Waals surface area contributed by atoms with E-state index < -0.39 is 0 Å². The fourth-order valence-corrected chi connectivity index (χ4v) is 2.60. The summed E-state index contributed by atoms with van der Waals surface area (Å²) in [6.07, 6.45) is 3.74. The SMILES string of the molecule is N#CCCCN1C(=O)C2CCCC2C1=O. The maximum absolute atomic E-state index is 11.8. The Bertz CT molecular complexity index is 310. The molecule has 0 N–H and O–H groups in total. The normalized spacial score (nSPS) is 29.4. The number of amides is 2. The molecule has 0 aromatic carbocycles. The van der Waals surface area contributed by atoms with Gasteiger partial charge in [-0.2, -0.15) is 5.26 Å². The summed E-state index contributed by atoms with van der Waals surface area (Å²) in [4.78, 5) is 25.0. The number of rotatable bonds is 3. The van der Waals surface area contributed by atoms with Crippen LogP contribution in [-0.4, -0.2) is 23.3 Å². The molecule has 1 aliphatic heterocycles. The maximum Gasteiger partial charge on any atom is 0.233 e. The highest BCUT2D eigenvalue weighted by atomic mass is 16.2. The van der Waals surface area contributed by atoms with Crippen LogP contribution in [0, 0.1) is 23.2 Å². The number of unbranched alkanes of at least 4 members (excludes halogenated alkanes) is 1. The molecule has 15 heavy (non-hydrogen) atoms. The van der Waals surface area contributed by atoms with Crippen LogP contribution in [-0.2, 0) is 9.59 Å². The number of carbonyl (C=O) groups excluding carboxylic acids is 2. The molecule has 4 heteroatoms. The first-order chi connectivity index (χ1) is 7.25. The first-order valence-corrected chi connectivity index (χ1v) is 5.48. The fourth-order valence-electron chi connectivity index (χ4n) is 2.60. The molecule has 0 radical (unpaired) electrons. The first-order valence-electron chi connectivity index (χ1n) is 5.48. The Morgan fingerprint density at radius 3 is 2.40 bits per heavy atom. The number of hydrogen-bond acceptors (Lipinski definition) is 3. The van der Waals surface area contributed by atoms with Gasteiger partial charge in [-0.3, -0.25) is 14.5 Å². The van der Waals surface area contributed by atoms with Gasteiger partial charge < -0.3 is 0 Å². The Morgan fingerprint density at radius 1 is 1.27 bits per heavy atom. The maximum atomic E-state index is 11.8. The van der Waals surface area contributed by atoms with Gasteiger partial charge in [0.1, 0.15) is 0 Å². The molecule has 0 aromatic heterocycles. The van der Waals surface area contributed by atoms with Gasteiger partial charge in [0.25, 0.3) is 0 Å². The van der Waals surface area contributed by atoms with Gasteiger partial charge in [0, 0.05) is 13.0 Å². The van der Waals surface area contributed by atoms with Crippen molar-refractivity contribution in [2.45, 2.75) is 32.1 Å². The van der Waals surface area contributed by atoms with Gasteiger partial charge in [-0.15, -0.1) is 0 Å². The lowest BCUT2D eigenvalue weighted by atomic mass is 10.00. The van der Waals surface area contributed by atoms with E-state index in [4.69, 9.17) is 5.26 Å². The van der Waals surface area contributed by atoms with Crippen LogP contribution in [0.15, 0.2) is 0 Å². The molecule has 2 aliphatic rings. The molecule has 0 aromatic rings. The molecule has 1 saturated heterocycles. The largest absolute Gasteiger partial charge is 0.282 e. The fraction of sp³-hybridized carbons (Fsp3) is 0.727. The van der Waals surface area contributed by atoms with E-state index >= 15 is 0 Å². The summed E-state index contributed by atoms with van der Waals surface area (Å²) in [6.45, 7) is 0.429.